The fourth-order valence-electron chi connectivity index (χ4n) is 6.66. The smallest absolute Gasteiger partial charge is 0.407 e. The summed E-state index contributed by atoms with van der Waals surface area (Å²) in [6, 6.07) is 17.4. The van der Waals surface area contributed by atoms with E-state index in [0.29, 0.717) is 45.2 Å². The van der Waals surface area contributed by atoms with Gasteiger partial charge in [-0.15, -0.1) is 0 Å². The quantitative estimate of drug-likeness (QED) is 0.167. The standard InChI is InChI=1S/C38H56N4O5/c1-3-5-6-7-8-14-28-46-33-20-18-31(19-21-33)29-41-26-22-38(23-27-41)36(44)40-34(35(43)42(38)25-4-2)17-12-13-24-39-37(45)47-30-32-15-10-9-11-16-32/h9-11,15-16,18-21,34H,3-8,12-14,17,22-30H2,1-2H3,(H,39,45)(H,40,44)/t34-/m0/s1. The summed E-state index contributed by atoms with van der Waals surface area (Å²) < 4.78 is 11.2. The fraction of sp³-hybridized carbons (Fsp3) is 0.605. The Morgan fingerprint density at radius 2 is 1.60 bits per heavy atom. The molecule has 258 valence electrons. The molecule has 0 saturated carbocycles. The van der Waals surface area contributed by atoms with Gasteiger partial charge in [0, 0.05) is 32.7 Å². The zero-order valence-corrected chi connectivity index (χ0v) is 28.6. The molecule has 2 aliphatic heterocycles. The van der Waals surface area contributed by atoms with Crippen LogP contribution in [0.3, 0.4) is 0 Å². The molecule has 2 N–H and O–H groups in total. The van der Waals surface area contributed by atoms with Gasteiger partial charge in [0.2, 0.25) is 11.8 Å². The zero-order chi connectivity index (χ0) is 33.3. The molecule has 2 aromatic carbocycles. The van der Waals surface area contributed by atoms with Crippen molar-refractivity contribution in [1.82, 2.24) is 20.4 Å². The molecule has 2 heterocycles. The number of carbonyl (C=O) groups excluding carboxylic acids is 3. The first-order valence-corrected chi connectivity index (χ1v) is 18.0. The van der Waals surface area contributed by atoms with Crippen molar-refractivity contribution in [2.24, 2.45) is 0 Å². The third kappa shape index (κ3) is 11.0. The van der Waals surface area contributed by atoms with Gasteiger partial charge in [-0.25, -0.2) is 4.79 Å². The Bertz CT molecular complexity index is 1230. The van der Waals surface area contributed by atoms with E-state index in [1.165, 1.54) is 37.7 Å². The number of piperidine rings is 1. The Balaban J connectivity index is 1.17. The third-order valence-corrected chi connectivity index (χ3v) is 9.44. The van der Waals surface area contributed by atoms with E-state index in [4.69, 9.17) is 9.47 Å². The minimum Gasteiger partial charge on any atom is -0.494 e. The highest BCUT2D eigenvalue weighted by Crippen LogP contribution is 2.34. The molecular formula is C38H56N4O5. The van der Waals surface area contributed by atoms with Gasteiger partial charge in [0.1, 0.15) is 23.9 Å². The molecule has 0 bridgehead atoms. The Hall–Kier alpha value is -3.59. The SMILES string of the molecule is CCCCCCCCOc1ccc(CN2CCC3(CC2)C(=O)N[C@@H](CCCCNC(=O)OCc2ccccc2)C(=O)N3CCC)cc1. The number of unbranched alkanes of at least 4 members (excludes halogenated alkanes) is 6. The minimum atomic E-state index is -0.779. The summed E-state index contributed by atoms with van der Waals surface area (Å²) in [7, 11) is 0. The molecule has 0 unspecified atom stereocenters. The lowest BCUT2D eigenvalue weighted by atomic mass is 9.81. The van der Waals surface area contributed by atoms with Gasteiger partial charge in [0.05, 0.1) is 6.61 Å². The summed E-state index contributed by atoms with van der Waals surface area (Å²) in [5, 5.41) is 5.86. The van der Waals surface area contributed by atoms with E-state index >= 15 is 0 Å². The first kappa shape index (κ1) is 36.2. The third-order valence-electron chi connectivity index (χ3n) is 9.44. The predicted octanol–water partition coefficient (Wildman–Crippen LogP) is 6.59. The number of amides is 3. The number of hydrogen-bond donors (Lipinski definition) is 2. The van der Waals surface area contributed by atoms with Crippen LogP contribution in [0.4, 0.5) is 4.79 Å². The molecule has 2 aromatic rings. The number of benzene rings is 2. The molecule has 9 nitrogen and oxygen atoms in total. The van der Waals surface area contributed by atoms with Crippen LogP contribution in [0, 0.1) is 0 Å². The maximum atomic E-state index is 13.7. The van der Waals surface area contributed by atoms with Crippen molar-refractivity contribution in [3.05, 3.63) is 65.7 Å². The first-order chi connectivity index (χ1) is 22.9. The van der Waals surface area contributed by atoms with Gasteiger partial charge >= 0.3 is 6.09 Å². The summed E-state index contributed by atoms with van der Waals surface area (Å²) >= 11 is 0. The van der Waals surface area contributed by atoms with Crippen LogP contribution < -0.4 is 15.4 Å². The number of likely N-dealkylation sites (tertiary alicyclic amines) is 1. The zero-order valence-electron chi connectivity index (χ0n) is 28.6. The van der Waals surface area contributed by atoms with Crippen LogP contribution in [-0.2, 0) is 27.5 Å². The van der Waals surface area contributed by atoms with Crippen molar-refractivity contribution < 1.29 is 23.9 Å². The number of hydrogen-bond acceptors (Lipinski definition) is 6. The van der Waals surface area contributed by atoms with Crippen LogP contribution in [0.2, 0.25) is 0 Å². The van der Waals surface area contributed by atoms with Gasteiger partial charge in [-0.05, 0) is 68.2 Å². The van der Waals surface area contributed by atoms with E-state index in [1.54, 1.807) is 0 Å². The lowest BCUT2D eigenvalue weighted by Gasteiger charge is -2.51. The van der Waals surface area contributed by atoms with Gasteiger partial charge in [0.15, 0.2) is 0 Å². The van der Waals surface area contributed by atoms with Gasteiger partial charge in [0.25, 0.3) is 0 Å². The van der Waals surface area contributed by atoms with E-state index in [0.717, 1.165) is 50.4 Å². The molecule has 2 aliphatic rings. The summed E-state index contributed by atoms with van der Waals surface area (Å²) in [4.78, 5) is 43.6. The highest BCUT2D eigenvalue weighted by Gasteiger charge is 2.53. The van der Waals surface area contributed by atoms with Crippen molar-refractivity contribution in [2.45, 2.75) is 116 Å². The minimum absolute atomic E-state index is 0.0201. The van der Waals surface area contributed by atoms with Crippen LogP contribution in [0.15, 0.2) is 54.6 Å². The average Bonchev–Trinajstić information content (AvgIpc) is 3.09. The van der Waals surface area contributed by atoms with Gasteiger partial charge in [-0.1, -0.05) is 88.4 Å². The molecule has 9 heteroatoms. The lowest BCUT2D eigenvalue weighted by Crippen LogP contribution is -2.72. The summed E-state index contributed by atoms with van der Waals surface area (Å²) in [6.45, 7) is 8.65. The Morgan fingerprint density at radius 3 is 2.32 bits per heavy atom. The number of nitrogens with zero attached hydrogens (tertiary/aromatic N) is 2. The van der Waals surface area contributed by atoms with Gasteiger partial charge in [-0.2, -0.15) is 0 Å². The molecule has 0 radical (unpaired) electrons. The maximum absolute atomic E-state index is 13.7. The first-order valence-electron chi connectivity index (χ1n) is 18.0. The molecular weight excluding hydrogens is 592 g/mol. The molecule has 4 rings (SSSR count). The monoisotopic (exact) mass is 648 g/mol. The highest BCUT2D eigenvalue weighted by molar-refractivity contribution is 6.00. The summed E-state index contributed by atoms with van der Waals surface area (Å²) in [6.07, 6.45) is 11.1. The van der Waals surface area contributed by atoms with Crippen molar-refractivity contribution >= 4 is 17.9 Å². The molecule has 3 amide bonds. The fourth-order valence-corrected chi connectivity index (χ4v) is 6.66. The van der Waals surface area contributed by atoms with Crippen LogP contribution in [0.25, 0.3) is 0 Å². The second kappa shape index (κ2) is 19.3. The maximum Gasteiger partial charge on any atom is 0.407 e. The average molecular weight is 649 g/mol. The topological polar surface area (TPSA) is 100 Å². The molecule has 2 fully saturated rings. The second-order valence-electron chi connectivity index (χ2n) is 13.1. The van der Waals surface area contributed by atoms with Crippen LogP contribution in [-0.4, -0.2) is 72.1 Å². The van der Waals surface area contributed by atoms with Gasteiger partial charge < -0.3 is 25.0 Å². The van der Waals surface area contributed by atoms with Crippen molar-refractivity contribution in [3.63, 3.8) is 0 Å². The van der Waals surface area contributed by atoms with E-state index in [-0.39, 0.29) is 18.4 Å². The van der Waals surface area contributed by atoms with Crippen molar-refractivity contribution in [1.29, 1.82) is 0 Å². The molecule has 1 atom stereocenters. The Kier molecular flexibility index (Phi) is 14.9. The lowest BCUT2D eigenvalue weighted by molar-refractivity contribution is -0.161. The number of alkyl carbamates (subject to hydrolysis) is 1. The largest absolute Gasteiger partial charge is 0.494 e. The molecule has 0 aromatic heterocycles. The number of rotatable bonds is 19. The Morgan fingerprint density at radius 1 is 0.872 bits per heavy atom. The normalized spacial score (nSPS) is 17.8. The number of nitrogens with one attached hydrogen (secondary N) is 2. The molecule has 1 spiro atoms. The number of carbonyl (C=O) groups is 3. The molecule has 0 aliphatic carbocycles. The highest BCUT2D eigenvalue weighted by atomic mass is 16.5. The van der Waals surface area contributed by atoms with Crippen LogP contribution >= 0.6 is 0 Å². The van der Waals surface area contributed by atoms with Crippen LogP contribution in [0.1, 0.15) is 102 Å². The van der Waals surface area contributed by atoms with Crippen molar-refractivity contribution in [3.8, 4) is 5.75 Å². The van der Waals surface area contributed by atoms with Gasteiger partial charge in [-0.3, -0.25) is 14.5 Å². The van der Waals surface area contributed by atoms with Crippen LogP contribution in [0.5, 0.6) is 5.75 Å². The van der Waals surface area contributed by atoms with E-state index < -0.39 is 17.7 Å². The second-order valence-corrected chi connectivity index (χ2v) is 13.1. The van der Waals surface area contributed by atoms with E-state index in [1.807, 2.05) is 35.2 Å². The van der Waals surface area contributed by atoms with E-state index in [2.05, 4.69) is 53.6 Å². The predicted molar refractivity (Wildman–Crippen MR) is 185 cm³/mol. The Labute approximate surface area is 281 Å². The van der Waals surface area contributed by atoms with Crippen molar-refractivity contribution in [2.75, 3.05) is 32.8 Å². The number of ether oxygens (including phenoxy) is 2. The summed E-state index contributed by atoms with van der Waals surface area (Å²) in [5.41, 5.74) is 1.38. The summed E-state index contributed by atoms with van der Waals surface area (Å²) in [5.74, 6) is 0.913. The van der Waals surface area contributed by atoms with E-state index in [9.17, 15) is 14.4 Å². The number of piperazine rings is 1. The molecule has 47 heavy (non-hydrogen) atoms. The molecule has 2 saturated heterocycles.